The third-order valence-electron chi connectivity index (χ3n) is 3.64. The average Bonchev–Trinajstić information content (AvgIpc) is 2.08. The highest BCUT2D eigenvalue weighted by atomic mass is 16.3. The highest BCUT2D eigenvalue weighted by Crippen LogP contribution is 2.23. The fourth-order valence-electron chi connectivity index (χ4n) is 1.96. The van der Waals surface area contributed by atoms with Gasteiger partial charge in [0.05, 0.1) is 12.2 Å². The minimum absolute atomic E-state index is 0.0117. The Morgan fingerprint density at radius 2 is 0.938 bits per heavy atom. The first-order valence-corrected chi connectivity index (χ1v) is 6.09. The van der Waals surface area contributed by atoms with Crippen LogP contribution in [0.5, 0.6) is 0 Å². The molecule has 96 valence electrons. The van der Waals surface area contributed by atoms with E-state index in [4.69, 9.17) is 10.2 Å². The number of aliphatic hydroxyl groups excluding tert-OH is 2. The monoisotopic (exact) mass is 230 g/mol. The molecular formula is C12H26N2O2. The van der Waals surface area contributed by atoms with Gasteiger partial charge in [-0.2, -0.15) is 0 Å². The van der Waals surface area contributed by atoms with Crippen LogP contribution < -0.4 is 0 Å². The second kappa shape index (κ2) is 5.96. The summed E-state index contributed by atoms with van der Waals surface area (Å²) in [6.45, 7) is 0. The van der Waals surface area contributed by atoms with E-state index >= 15 is 0 Å². The Balaban J connectivity index is 0.000000160. The van der Waals surface area contributed by atoms with E-state index in [1.165, 1.54) is 0 Å². The molecule has 4 heteroatoms. The van der Waals surface area contributed by atoms with Gasteiger partial charge >= 0.3 is 0 Å². The topological polar surface area (TPSA) is 46.9 Å². The van der Waals surface area contributed by atoms with Crippen molar-refractivity contribution in [1.29, 1.82) is 0 Å². The molecule has 2 N–H and O–H groups in total. The second-order valence-corrected chi connectivity index (χ2v) is 5.49. The molecule has 0 heterocycles. The predicted molar refractivity (Wildman–Crippen MR) is 65.4 cm³/mol. The van der Waals surface area contributed by atoms with Gasteiger partial charge in [-0.1, -0.05) is 0 Å². The lowest BCUT2D eigenvalue weighted by molar-refractivity contribution is 0.0216. The van der Waals surface area contributed by atoms with Crippen LogP contribution in [0.1, 0.15) is 25.7 Å². The number of rotatable bonds is 2. The van der Waals surface area contributed by atoms with Gasteiger partial charge in [-0.25, -0.2) is 0 Å². The molecule has 0 aromatic heterocycles. The minimum Gasteiger partial charge on any atom is -0.393 e. The van der Waals surface area contributed by atoms with Gasteiger partial charge in [0.1, 0.15) is 0 Å². The first kappa shape index (κ1) is 13.9. The maximum Gasteiger partial charge on any atom is 0.0570 e. The molecule has 0 saturated heterocycles. The molecule has 0 unspecified atom stereocenters. The quantitative estimate of drug-likeness (QED) is 0.708. The highest BCUT2D eigenvalue weighted by Gasteiger charge is 2.28. The van der Waals surface area contributed by atoms with Crippen molar-refractivity contribution in [2.45, 2.75) is 50.0 Å². The fraction of sp³-hybridized carbons (Fsp3) is 1.00. The molecule has 0 bridgehead atoms. The van der Waals surface area contributed by atoms with Crippen LogP contribution in [-0.4, -0.2) is 72.5 Å². The van der Waals surface area contributed by atoms with Crippen LogP contribution in [0.2, 0.25) is 0 Å². The molecule has 2 rings (SSSR count). The van der Waals surface area contributed by atoms with Crippen molar-refractivity contribution >= 4 is 0 Å². The molecule has 2 fully saturated rings. The van der Waals surface area contributed by atoms with Crippen LogP contribution in [-0.2, 0) is 0 Å². The molecule has 2 saturated carbocycles. The smallest absolute Gasteiger partial charge is 0.0570 e. The Bertz CT molecular complexity index is 175. The number of nitrogens with zero attached hydrogens (tertiary/aromatic N) is 2. The first-order valence-electron chi connectivity index (χ1n) is 6.09. The van der Waals surface area contributed by atoms with E-state index in [-0.39, 0.29) is 12.2 Å². The number of hydrogen-bond acceptors (Lipinski definition) is 4. The van der Waals surface area contributed by atoms with E-state index in [0.29, 0.717) is 12.1 Å². The molecule has 0 spiro atoms. The van der Waals surface area contributed by atoms with E-state index in [1.807, 2.05) is 0 Å². The molecule has 0 aromatic rings. The van der Waals surface area contributed by atoms with Crippen molar-refractivity contribution in [1.82, 2.24) is 9.80 Å². The summed E-state index contributed by atoms with van der Waals surface area (Å²) in [6, 6.07) is 1.29. The van der Waals surface area contributed by atoms with Crippen LogP contribution in [0.25, 0.3) is 0 Å². The van der Waals surface area contributed by atoms with Gasteiger partial charge < -0.3 is 20.0 Å². The molecule has 2 aliphatic carbocycles. The zero-order valence-corrected chi connectivity index (χ0v) is 10.9. The van der Waals surface area contributed by atoms with E-state index in [0.717, 1.165) is 25.7 Å². The normalized spacial score (nSPS) is 37.5. The molecule has 0 atom stereocenters. The van der Waals surface area contributed by atoms with Crippen molar-refractivity contribution < 1.29 is 10.2 Å². The van der Waals surface area contributed by atoms with Gasteiger partial charge in [0.2, 0.25) is 0 Å². The van der Waals surface area contributed by atoms with E-state index in [1.54, 1.807) is 0 Å². The summed E-state index contributed by atoms with van der Waals surface area (Å²) in [6.07, 6.45) is 3.84. The molecule has 16 heavy (non-hydrogen) atoms. The summed E-state index contributed by atoms with van der Waals surface area (Å²) in [5.74, 6) is 0. The average molecular weight is 230 g/mol. The maximum atomic E-state index is 8.84. The SMILES string of the molecule is CN(C)C1CC(O)C1.CN(C)C1CC(O)C1. The summed E-state index contributed by atoms with van der Waals surface area (Å²) in [5.41, 5.74) is 0. The van der Waals surface area contributed by atoms with Crippen molar-refractivity contribution in [3.63, 3.8) is 0 Å². The van der Waals surface area contributed by atoms with Gasteiger partial charge in [0.15, 0.2) is 0 Å². The fourth-order valence-corrected chi connectivity index (χ4v) is 1.96. The van der Waals surface area contributed by atoms with Gasteiger partial charge in [0, 0.05) is 12.1 Å². The summed E-state index contributed by atoms with van der Waals surface area (Å²) in [4.78, 5) is 4.32. The third-order valence-corrected chi connectivity index (χ3v) is 3.64. The van der Waals surface area contributed by atoms with Crippen LogP contribution in [0.3, 0.4) is 0 Å². The lowest BCUT2D eigenvalue weighted by atomic mass is 9.89. The molecule has 0 amide bonds. The number of aliphatic hydroxyl groups is 2. The molecule has 0 aliphatic heterocycles. The zero-order chi connectivity index (χ0) is 12.3. The van der Waals surface area contributed by atoms with Gasteiger partial charge in [0.25, 0.3) is 0 Å². The first-order chi connectivity index (χ1) is 7.40. The Kier molecular flexibility index (Phi) is 5.18. The van der Waals surface area contributed by atoms with E-state index < -0.39 is 0 Å². The summed E-state index contributed by atoms with van der Waals surface area (Å²) in [5, 5.41) is 17.7. The Labute approximate surface area is 98.9 Å². The molecule has 4 nitrogen and oxygen atoms in total. The van der Waals surface area contributed by atoms with Crippen LogP contribution >= 0.6 is 0 Å². The summed E-state index contributed by atoms with van der Waals surface area (Å²) >= 11 is 0. The van der Waals surface area contributed by atoms with Crippen LogP contribution in [0.15, 0.2) is 0 Å². The molecule has 2 aliphatic rings. The largest absolute Gasteiger partial charge is 0.393 e. The van der Waals surface area contributed by atoms with Crippen molar-refractivity contribution in [2.75, 3.05) is 28.2 Å². The van der Waals surface area contributed by atoms with E-state index in [9.17, 15) is 0 Å². The van der Waals surface area contributed by atoms with Crippen molar-refractivity contribution in [3.05, 3.63) is 0 Å². The highest BCUT2D eigenvalue weighted by molar-refractivity contribution is 4.84. The predicted octanol–water partition coefficient (Wildman–Crippen LogP) is 0.143. The van der Waals surface area contributed by atoms with Gasteiger partial charge in [-0.05, 0) is 53.9 Å². The molecule has 0 aromatic carbocycles. The van der Waals surface area contributed by atoms with Crippen LogP contribution in [0.4, 0.5) is 0 Å². The van der Waals surface area contributed by atoms with Crippen molar-refractivity contribution in [2.24, 2.45) is 0 Å². The summed E-state index contributed by atoms with van der Waals surface area (Å²) < 4.78 is 0. The van der Waals surface area contributed by atoms with E-state index in [2.05, 4.69) is 38.0 Å². The lowest BCUT2D eigenvalue weighted by Crippen LogP contribution is -2.43. The standard InChI is InChI=1S/2C6H13NO/c2*1-7(2)5-3-6(8)4-5/h2*5-6,8H,3-4H2,1-2H3. The third kappa shape index (κ3) is 4.01. The van der Waals surface area contributed by atoms with Gasteiger partial charge in [-0.15, -0.1) is 0 Å². The van der Waals surface area contributed by atoms with Gasteiger partial charge in [-0.3, -0.25) is 0 Å². The zero-order valence-electron chi connectivity index (χ0n) is 10.9. The number of hydrogen-bond donors (Lipinski definition) is 2. The Hall–Kier alpha value is -0.160. The Morgan fingerprint density at radius 3 is 1.00 bits per heavy atom. The van der Waals surface area contributed by atoms with Crippen LogP contribution in [0, 0.1) is 0 Å². The molecular weight excluding hydrogens is 204 g/mol. The summed E-state index contributed by atoms with van der Waals surface area (Å²) in [7, 11) is 8.21. The molecule has 0 radical (unpaired) electrons. The Morgan fingerprint density at radius 1 is 0.688 bits per heavy atom. The lowest BCUT2D eigenvalue weighted by Gasteiger charge is -2.36. The van der Waals surface area contributed by atoms with Crippen molar-refractivity contribution in [3.8, 4) is 0 Å². The minimum atomic E-state index is -0.0117. The second-order valence-electron chi connectivity index (χ2n) is 5.49. The maximum absolute atomic E-state index is 8.84.